The van der Waals surface area contributed by atoms with Crippen molar-refractivity contribution in [3.8, 4) is 0 Å². The third kappa shape index (κ3) is 3.72. The van der Waals surface area contributed by atoms with Gasteiger partial charge in [0.15, 0.2) is 0 Å². The summed E-state index contributed by atoms with van der Waals surface area (Å²) in [6, 6.07) is 3.24. The first kappa shape index (κ1) is 15.8. The lowest BCUT2D eigenvalue weighted by Crippen LogP contribution is -2.56. The molecule has 0 unspecified atom stereocenters. The molecule has 0 spiro atoms. The van der Waals surface area contributed by atoms with Crippen molar-refractivity contribution in [2.75, 3.05) is 5.32 Å². The Hall–Kier alpha value is -1.63. The molecule has 114 valence electrons. The molecule has 3 N–H and O–H groups in total. The number of benzene rings is 1. The van der Waals surface area contributed by atoms with Crippen LogP contribution in [-0.2, 0) is 4.79 Å². The van der Waals surface area contributed by atoms with Gasteiger partial charge < -0.3 is 15.7 Å². The summed E-state index contributed by atoms with van der Waals surface area (Å²) in [6.45, 7) is 0. The molecule has 1 aliphatic rings. The van der Waals surface area contributed by atoms with Gasteiger partial charge in [-0.05, 0) is 47.0 Å². The minimum absolute atomic E-state index is 0.254. The second kappa shape index (κ2) is 6.43. The third-order valence-electron chi connectivity index (χ3n) is 3.65. The standard InChI is InChI=1S/C14H16BrFN2O3/c15-10-5-4-9(16)8-11(10)17-13(21)18-14(12(19)20)6-2-1-3-7-14/h4-5,8H,1-3,6-7H2,(H,19,20)(H2,17,18,21). The van der Waals surface area contributed by atoms with Crippen LogP contribution in [0.2, 0.25) is 0 Å². The number of carboxylic acids is 1. The van der Waals surface area contributed by atoms with E-state index in [1.54, 1.807) is 0 Å². The molecule has 0 radical (unpaired) electrons. The molecule has 1 fully saturated rings. The van der Waals surface area contributed by atoms with Gasteiger partial charge in [0.25, 0.3) is 0 Å². The molecule has 5 nitrogen and oxygen atoms in total. The van der Waals surface area contributed by atoms with Crippen LogP contribution in [0.1, 0.15) is 32.1 Å². The van der Waals surface area contributed by atoms with E-state index in [1.165, 1.54) is 12.1 Å². The molecule has 21 heavy (non-hydrogen) atoms. The number of amides is 2. The molecule has 0 aliphatic heterocycles. The number of carbonyl (C=O) groups excluding carboxylic acids is 1. The maximum atomic E-state index is 13.2. The van der Waals surface area contributed by atoms with Crippen LogP contribution >= 0.6 is 15.9 Å². The molecule has 7 heteroatoms. The molecular formula is C14H16BrFN2O3. The summed E-state index contributed by atoms with van der Waals surface area (Å²) in [6.07, 6.45) is 3.29. The van der Waals surface area contributed by atoms with E-state index >= 15 is 0 Å². The Labute approximate surface area is 130 Å². The van der Waals surface area contributed by atoms with Crippen LogP contribution in [0.4, 0.5) is 14.9 Å². The first-order valence-electron chi connectivity index (χ1n) is 6.70. The molecule has 2 amide bonds. The quantitative estimate of drug-likeness (QED) is 0.773. The highest BCUT2D eigenvalue weighted by Crippen LogP contribution is 2.29. The van der Waals surface area contributed by atoms with E-state index < -0.39 is 23.4 Å². The summed E-state index contributed by atoms with van der Waals surface area (Å²) < 4.78 is 13.7. The molecule has 0 heterocycles. The molecule has 2 rings (SSSR count). The normalized spacial score (nSPS) is 17.0. The Morgan fingerprint density at radius 1 is 1.24 bits per heavy atom. The number of anilines is 1. The summed E-state index contributed by atoms with van der Waals surface area (Å²) in [5.74, 6) is -1.52. The molecule has 0 saturated heterocycles. The second-order valence-corrected chi connectivity index (χ2v) is 6.01. The highest BCUT2D eigenvalue weighted by Gasteiger charge is 2.41. The molecule has 1 aromatic rings. The number of carbonyl (C=O) groups is 2. The molecule has 0 aromatic heterocycles. The van der Waals surface area contributed by atoms with E-state index in [1.807, 2.05) is 0 Å². The van der Waals surface area contributed by atoms with Gasteiger partial charge in [-0.2, -0.15) is 0 Å². The summed E-state index contributed by atoms with van der Waals surface area (Å²) in [7, 11) is 0. The number of halogens is 2. The lowest BCUT2D eigenvalue weighted by Gasteiger charge is -2.33. The number of hydrogen-bond acceptors (Lipinski definition) is 2. The predicted molar refractivity (Wildman–Crippen MR) is 79.7 cm³/mol. The average molecular weight is 359 g/mol. The summed E-state index contributed by atoms with van der Waals surface area (Å²) in [5.41, 5.74) is -0.980. The van der Waals surface area contributed by atoms with Crippen molar-refractivity contribution in [1.82, 2.24) is 5.32 Å². The topological polar surface area (TPSA) is 78.4 Å². The van der Waals surface area contributed by atoms with Crippen molar-refractivity contribution < 1.29 is 19.1 Å². The van der Waals surface area contributed by atoms with E-state index in [2.05, 4.69) is 26.6 Å². The predicted octanol–water partition coefficient (Wildman–Crippen LogP) is 3.50. The Morgan fingerprint density at radius 2 is 1.90 bits per heavy atom. The molecule has 1 saturated carbocycles. The molecule has 0 bridgehead atoms. The Balaban J connectivity index is 2.09. The Morgan fingerprint density at radius 3 is 2.52 bits per heavy atom. The van der Waals surface area contributed by atoms with Crippen molar-refractivity contribution in [2.45, 2.75) is 37.6 Å². The van der Waals surface area contributed by atoms with Gasteiger partial charge in [-0.15, -0.1) is 0 Å². The summed E-state index contributed by atoms with van der Waals surface area (Å²) in [4.78, 5) is 23.5. The van der Waals surface area contributed by atoms with E-state index in [0.717, 1.165) is 25.3 Å². The van der Waals surface area contributed by atoms with Gasteiger partial charge in [0.05, 0.1) is 5.69 Å². The highest BCUT2D eigenvalue weighted by molar-refractivity contribution is 9.10. The highest BCUT2D eigenvalue weighted by atomic mass is 79.9. The zero-order valence-electron chi connectivity index (χ0n) is 11.3. The van der Waals surface area contributed by atoms with Crippen LogP contribution in [0.25, 0.3) is 0 Å². The second-order valence-electron chi connectivity index (χ2n) is 5.15. The van der Waals surface area contributed by atoms with Gasteiger partial charge in [0.2, 0.25) is 0 Å². The maximum Gasteiger partial charge on any atom is 0.329 e. The van der Waals surface area contributed by atoms with Gasteiger partial charge in [-0.1, -0.05) is 19.3 Å². The van der Waals surface area contributed by atoms with Crippen LogP contribution in [0, 0.1) is 5.82 Å². The largest absolute Gasteiger partial charge is 0.480 e. The van der Waals surface area contributed by atoms with E-state index in [0.29, 0.717) is 17.3 Å². The lowest BCUT2D eigenvalue weighted by atomic mass is 9.82. The van der Waals surface area contributed by atoms with Crippen molar-refractivity contribution in [3.05, 3.63) is 28.5 Å². The zero-order valence-corrected chi connectivity index (χ0v) is 12.9. The fourth-order valence-corrected chi connectivity index (χ4v) is 2.86. The van der Waals surface area contributed by atoms with Crippen LogP contribution in [0.3, 0.4) is 0 Å². The smallest absolute Gasteiger partial charge is 0.329 e. The molecule has 1 aromatic carbocycles. The fraction of sp³-hybridized carbons (Fsp3) is 0.429. The van der Waals surface area contributed by atoms with Crippen molar-refractivity contribution in [1.29, 1.82) is 0 Å². The number of rotatable bonds is 3. The van der Waals surface area contributed by atoms with Gasteiger partial charge in [-0.3, -0.25) is 0 Å². The summed E-state index contributed by atoms with van der Waals surface area (Å²) in [5, 5.41) is 14.4. The van der Waals surface area contributed by atoms with E-state index in [4.69, 9.17) is 0 Å². The van der Waals surface area contributed by atoms with Gasteiger partial charge in [0, 0.05) is 4.47 Å². The minimum Gasteiger partial charge on any atom is -0.480 e. The van der Waals surface area contributed by atoms with Gasteiger partial charge in [0.1, 0.15) is 11.4 Å². The number of hydrogen-bond donors (Lipinski definition) is 3. The molecule has 0 atom stereocenters. The lowest BCUT2D eigenvalue weighted by molar-refractivity contribution is -0.145. The first-order chi connectivity index (χ1) is 9.93. The average Bonchev–Trinajstić information content (AvgIpc) is 2.43. The monoisotopic (exact) mass is 358 g/mol. The van der Waals surface area contributed by atoms with E-state index in [-0.39, 0.29) is 5.69 Å². The van der Waals surface area contributed by atoms with Crippen LogP contribution in [-0.4, -0.2) is 22.6 Å². The zero-order chi connectivity index (χ0) is 15.5. The van der Waals surface area contributed by atoms with Crippen LogP contribution in [0.15, 0.2) is 22.7 Å². The maximum absolute atomic E-state index is 13.2. The Bertz CT molecular complexity index is 559. The first-order valence-corrected chi connectivity index (χ1v) is 7.50. The number of urea groups is 1. The van der Waals surface area contributed by atoms with Crippen molar-refractivity contribution >= 4 is 33.6 Å². The third-order valence-corrected chi connectivity index (χ3v) is 4.34. The number of nitrogens with one attached hydrogen (secondary N) is 2. The number of carboxylic acid groups (broad SMARTS) is 1. The SMILES string of the molecule is O=C(Nc1cc(F)ccc1Br)NC1(C(=O)O)CCCCC1. The number of aliphatic carboxylic acids is 1. The van der Waals surface area contributed by atoms with Gasteiger partial charge in [-0.25, -0.2) is 14.0 Å². The van der Waals surface area contributed by atoms with Crippen LogP contribution < -0.4 is 10.6 Å². The van der Waals surface area contributed by atoms with Gasteiger partial charge >= 0.3 is 12.0 Å². The fourth-order valence-electron chi connectivity index (χ4n) is 2.51. The molecule has 1 aliphatic carbocycles. The van der Waals surface area contributed by atoms with Crippen LogP contribution in [0.5, 0.6) is 0 Å². The van der Waals surface area contributed by atoms with E-state index in [9.17, 15) is 19.1 Å². The Kier molecular flexibility index (Phi) is 4.82. The molecular weight excluding hydrogens is 343 g/mol. The van der Waals surface area contributed by atoms with Crippen molar-refractivity contribution in [2.24, 2.45) is 0 Å². The summed E-state index contributed by atoms with van der Waals surface area (Å²) >= 11 is 3.20. The van der Waals surface area contributed by atoms with Crippen molar-refractivity contribution in [3.63, 3.8) is 0 Å². The minimum atomic E-state index is -1.23.